The Hall–Kier alpha value is -0.530. The van der Waals surface area contributed by atoms with Crippen LogP contribution in [0, 0.1) is 23.2 Å². The lowest BCUT2D eigenvalue weighted by molar-refractivity contribution is -0.156. The Morgan fingerprint density at radius 2 is 1.71 bits per heavy atom. The van der Waals surface area contributed by atoms with Gasteiger partial charge in [0.2, 0.25) is 0 Å². The molecular formula is C12H24O2. The number of aliphatic carboxylic acids is 1. The highest BCUT2D eigenvalue weighted by molar-refractivity contribution is 5.74. The lowest BCUT2D eigenvalue weighted by Gasteiger charge is -2.38. The lowest BCUT2D eigenvalue weighted by Crippen LogP contribution is -2.41. The van der Waals surface area contributed by atoms with Crippen molar-refractivity contribution in [2.45, 2.75) is 48.0 Å². The van der Waals surface area contributed by atoms with Crippen molar-refractivity contribution in [1.29, 1.82) is 0 Å². The molecule has 0 spiro atoms. The molecule has 2 nitrogen and oxygen atoms in total. The van der Waals surface area contributed by atoms with Crippen LogP contribution in [0.4, 0.5) is 0 Å². The van der Waals surface area contributed by atoms with E-state index in [0.29, 0.717) is 5.92 Å². The van der Waals surface area contributed by atoms with Crippen molar-refractivity contribution >= 4 is 5.97 Å². The second kappa shape index (κ2) is 4.81. The van der Waals surface area contributed by atoms with Gasteiger partial charge in [-0.05, 0) is 24.7 Å². The molecule has 14 heavy (non-hydrogen) atoms. The zero-order valence-electron chi connectivity index (χ0n) is 10.3. The lowest BCUT2D eigenvalue weighted by atomic mass is 9.65. The SMILES string of the molecule is CCC(C)C(C)C(C)(C(=O)O)C(C)C. The fraction of sp³-hybridized carbons (Fsp3) is 0.917. The van der Waals surface area contributed by atoms with Crippen LogP contribution in [0.15, 0.2) is 0 Å². The van der Waals surface area contributed by atoms with E-state index in [1.165, 1.54) is 0 Å². The molecule has 0 aromatic carbocycles. The minimum atomic E-state index is -0.666. The van der Waals surface area contributed by atoms with E-state index in [9.17, 15) is 9.90 Å². The molecular weight excluding hydrogens is 176 g/mol. The van der Waals surface area contributed by atoms with Gasteiger partial charge in [0.25, 0.3) is 0 Å². The highest BCUT2D eigenvalue weighted by atomic mass is 16.4. The maximum Gasteiger partial charge on any atom is 0.309 e. The molecule has 3 atom stereocenters. The van der Waals surface area contributed by atoms with Gasteiger partial charge in [0.1, 0.15) is 0 Å². The summed E-state index contributed by atoms with van der Waals surface area (Å²) in [6, 6.07) is 0. The number of rotatable bonds is 5. The average molecular weight is 200 g/mol. The van der Waals surface area contributed by atoms with Crippen LogP contribution in [0.2, 0.25) is 0 Å². The molecule has 0 heterocycles. The van der Waals surface area contributed by atoms with Gasteiger partial charge in [0, 0.05) is 0 Å². The summed E-state index contributed by atoms with van der Waals surface area (Å²) in [6.07, 6.45) is 1.04. The van der Waals surface area contributed by atoms with E-state index in [0.717, 1.165) is 6.42 Å². The van der Waals surface area contributed by atoms with Gasteiger partial charge in [-0.2, -0.15) is 0 Å². The zero-order chi connectivity index (χ0) is 11.5. The fourth-order valence-electron chi connectivity index (χ4n) is 1.91. The van der Waals surface area contributed by atoms with Gasteiger partial charge in [-0.1, -0.05) is 41.0 Å². The molecule has 0 rings (SSSR count). The summed E-state index contributed by atoms with van der Waals surface area (Å²) < 4.78 is 0. The molecule has 0 fully saturated rings. The van der Waals surface area contributed by atoms with E-state index in [1.54, 1.807) is 0 Å². The Labute approximate surface area is 87.7 Å². The molecule has 0 saturated carbocycles. The van der Waals surface area contributed by atoms with Crippen LogP contribution in [0.1, 0.15) is 48.0 Å². The van der Waals surface area contributed by atoms with Gasteiger partial charge < -0.3 is 5.11 Å². The molecule has 0 aliphatic carbocycles. The van der Waals surface area contributed by atoms with Crippen molar-refractivity contribution in [3.63, 3.8) is 0 Å². The van der Waals surface area contributed by atoms with Crippen LogP contribution in [-0.4, -0.2) is 11.1 Å². The van der Waals surface area contributed by atoms with Crippen molar-refractivity contribution in [1.82, 2.24) is 0 Å². The topological polar surface area (TPSA) is 37.3 Å². The summed E-state index contributed by atoms with van der Waals surface area (Å²) in [5.74, 6) is 0.174. The van der Waals surface area contributed by atoms with Crippen molar-refractivity contribution in [2.75, 3.05) is 0 Å². The molecule has 0 aromatic rings. The standard InChI is InChI=1S/C12H24O2/c1-7-9(4)10(5)12(6,8(2)3)11(13)14/h8-10H,7H2,1-6H3,(H,13,14). The van der Waals surface area contributed by atoms with Crippen LogP contribution in [-0.2, 0) is 4.79 Å². The molecule has 3 unspecified atom stereocenters. The molecule has 1 N–H and O–H groups in total. The van der Waals surface area contributed by atoms with Gasteiger partial charge in [0.05, 0.1) is 5.41 Å². The summed E-state index contributed by atoms with van der Waals surface area (Å²) in [5.41, 5.74) is -0.602. The minimum Gasteiger partial charge on any atom is -0.481 e. The van der Waals surface area contributed by atoms with Crippen molar-refractivity contribution < 1.29 is 9.90 Å². The first-order chi connectivity index (χ1) is 6.28. The van der Waals surface area contributed by atoms with E-state index >= 15 is 0 Å². The molecule has 0 aliphatic rings. The van der Waals surface area contributed by atoms with E-state index in [-0.39, 0.29) is 11.8 Å². The smallest absolute Gasteiger partial charge is 0.309 e. The molecule has 0 saturated heterocycles. The van der Waals surface area contributed by atoms with Crippen LogP contribution in [0.5, 0.6) is 0 Å². The summed E-state index contributed by atoms with van der Waals surface area (Å²) in [6.45, 7) is 12.2. The van der Waals surface area contributed by atoms with E-state index < -0.39 is 11.4 Å². The Morgan fingerprint density at radius 3 is 1.93 bits per heavy atom. The zero-order valence-corrected chi connectivity index (χ0v) is 10.3. The molecule has 0 amide bonds. The number of hydrogen-bond acceptors (Lipinski definition) is 1. The second-order valence-corrected chi connectivity index (χ2v) is 4.92. The molecule has 0 bridgehead atoms. The highest BCUT2D eigenvalue weighted by Crippen LogP contribution is 2.40. The van der Waals surface area contributed by atoms with E-state index in [1.807, 2.05) is 20.8 Å². The molecule has 0 aliphatic heterocycles. The third kappa shape index (κ3) is 2.28. The quantitative estimate of drug-likeness (QED) is 0.738. The summed E-state index contributed by atoms with van der Waals surface area (Å²) in [5, 5.41) is 9.32. The number of carbonyl (C=O) groups is 1. The molecule has 84 valence electrons. The van der Waals surface area contributed by atoms with Gasteiger partial charge in [0.15, 0.2) is 0 Å². The fourth-order valence-corrected chi connectivity index (χ4v) is 1.91. The molecule has 2 heteroatoms. The predicted molar refractivity (Wildman–Crippen MR) is 59.2 cm³/mol. The van der Waals surface area contributed by atoms with Crippen LogP contribution in [0.25, 0.3) is 0 Å². The van der Waals surface area contributed by atoms with Gasteiger partial charge in [-0.25, -0.2) is 0 Å². The third-order valence-electron chi connectivity index (χ3n) is 4.10. The van der Waals surface area contributed by atoms with Gasteiger partial charge in [-0.3, -0.25) is 4.79 Å². The van der Waals surface area contributed by atoms with Crippen LogP contribution >= 0.6 is 0 Å². The Morgan fingerprint density at radius 1 is 1.29 bits per heavy atom. The Kier molecular flexibility index (Phi) is 4.63. The first kappa shape index (κ1) is 13.5. The van der Waals surface area contributed by atoms with Crippen LogP contribution in [0.3, 0.4) is 0 Å². The maximum atomic E-state index is 11.3. The first-order valence-corrected chi connectivity index (χ1v) is 5.51. The van der Waals surface area contributed by atoms with Crippen molar-refractivity contribution in [2.24, 2.45) is 23.2 Å². The van der Waals surface area contributed by atoms with Crippen LogP contribution < -0.4 is 0 Å². The monoisotopic (exact) mass is 200 g/mol. The molecule has 0 radical (unpaired) electrons. The predicted octanol–water partition coefficient (Wildman–Crippen LogP) is 3.42. The van der Waals surface area contributed by atoms with Gasteiger partial charge >= 0.3 is 5.97 Å². The second-order valence-electron chi connectivity index (χ2n) is 4.92. The first-order valence-electron chi connectivity index (χ1n) is 5.51. The summed E-state index contributed by atoms with van der Waals surface area (Å²) in [7, 11) is 0. The summed E-state index contributed by atoms with van der Waals surface area (Å²) >= 11 is 0. The number of carboxylic acids is 1. The molecule has 0 aromatic heterocycles. The van der Waals surface area contributed by atoms with Gasteiger partial charge in [-0.15, -0.1) is 0 Å². The maximum absolute atomic E-state index is 11.3. The largest absolute Gasteiger partial charge is 0.481 e. The number of carboxylic acid groups (broad SMARTS) is 1. The highest BCUT2D eigenvalue weighted by Gasteiger charge is 2.43. The van der Waals surface area contributed by atoms with E-state index in [4.69, 9.17) is 0 Å². The van der Waals surface area contributed by atoms with Crippen molar-refractivity contribution in [3.8, 4) is 0 Å². The minimum absolute atomic E-state index is 0.170. The normalized spacial score (nSPS) is 20.2. The van der Waals surface area contributed by atoms with E-state index in [2.05, 4.69) is 20.8 Å². The Balaban J connectivity index is 4.92. The number of hydrogen-bond donors (Lipinski definition) is 1. The average Bonchev–Trinajstić information content (AvgIpc) is 2.13. The Bertz CT molecular complexity index is 198. The van der Waals surface area contributed by atoms with Crippen molar-refractivity contribution in [3.05, 3.63) is 0 Å². The third-order valence-corrected chi connectivity index (χ3v) is 4.10. The summed E-state index contributed by atoms with van der Waals surface area (Å²) in [4.78, 5) is 11.3.